The van der Waals surface area contributed by atoms with Crippen LogP contribution < -0.4 is 5.73 Å². The molecule has 2 unspecified atom stereocenters. The molecule has 2 atom stereocenters. The van der Waals surface area contributed by atoms with Gasteiger partial charge in [-0.25, -0.2) is 0 Å². The number of rotatable bonds is 3. The third-order valence-electron chi connectivity index (χ3n) is 2.12. The molecule has 0 aromatic heterocycles. The molecule has 2 nitrogen and oxygen atoms in total. The Bertz CT molecular complexity index is 260. The molecule has 0 aliphatic carbocycles. The molecule has 1 aromatic carbocycles. The topological polar surface area (TPSA) is 46.2 Å². The minimum atomic E-state index is -0.443. The van der Waals surface area contributed by atoms with Crippen LogP contribution in [0, 0.1) is 9.49 Å². The van der Waals surface area contributed by atoms with Crippen LogP contribution in [0.3, 0.4) is 0 Å². The molecule has 0 aliphatic rings. The third kappa shape index (κ3) is 2.93. The predicted molar refractivity (Wildman–Crippen MR) is 62.3 cm³/mol. The van der Waals surface area contributed by atoms with Gasteiger partial charge in [0.15, 0.2) is 0 Å². The second kappa shape index (κ2) is 4.93. The lowest BCUT2D eigenvalue weighted by atomic mass is 9.98. The number of aliphatic hydroxyl groups is 1. The summed E-state index contributed by atoms with van der Waals surface area (Å²) < 4.78 is 1.17. The van der Waals surface area contributed by atoms with Crippen molar-refractivity contribution in [2.45, 2.75) is 13.0 Å². The fraction of sp³-hybridized carbons (Fsp3) is 0.400. The fourth-order valence-electron chi connectivity index (χ4n) is 1.12. The van der Waals surface area contributed by atoms with Crippen LogP contribution in [0.25, 0.3) is 0 Å². The maximum atomic E-state index is 9.80. The molecule has 0 bridgehead atoms. The van der Waals surface area contributed by atoms with E-state index >= 15 is 0 Å². The van der Waals surface area contributed by atoms with Gasteiger partial charge in [-0.2, -0.15) is 0 Å². The van der Waals surface area contributed by atoms with Crippen molar-refractivity contribution in [1.82, 2.24) is 0 Å². The zero-order valence-electron chi connectivity index (χ0n) is 7.57. The van der Waals surface area contributed by atoms with Gasteiger partial charge in [0.1, 0.15) is 0 Å². The van der Waals surface area contributed by atoms with Gasteiger partial charge in [-0.1, -0.05) is 19.1 Å². The number of benzene rings is 1. The first-order chi connectivity index (χ1) is 6.15. The Morgan fingerprint density at radius 1 is 1.38 bits per heavy atom. The third-order valence-corrected chi connectivity index (χ3v) is 2.84. The molecule has 3 heteroatoms. The maximum Gasteiger partial charge on any atom is 0.0827 e. The second-order valence-corrected chi connectivity index (χ2v) is 4.46. The monoisotopic (exact) mass is 291 g/mol. The van der Waals surface area contributed by atoms with E-state index in [2.05, 4.69) is 22.6 Å². The first kappa shape index (κ1) is 10.9. The molecule has 13 heavy (non-hydrogen) atoms. The van der Waals surface area contributed by atoms with E-state index in [9.17, 15) is 5.11 Å². The molecule has 1 rings (SSSR count). The molecule has 3 N–H and O–H groups in total. The molecular weight excluding hydrogens is 277 g/mol. The van der Waals surface area contributed by atoms with Gasteiger partial charge in [0.25, 0.3) is 0 Å². The largest absolute Gasteiger partial charge is 0.388 e. The Balaban J connectivity index is 2.77. The summed E-state index contributed by atoms with van der Waals surface area (Å²) in [5.41, 5.74) is 6.42. The second-order valence-electron chi connectivity index (χ2n) is 3.21. The number of aliphatic hydroxyl groups excluding tert-OH is 1. The van der Waals surface area contributed by atoms with E-state index in [1.165, 1.54) is 3.57 Å². The molecule has 0 aliphatic heterocycles. The lowest BCUT2D eigenvalue weighted by molar-refractivity contribution is 0.121. The Hall–Kier alpha value is -0.130. The van der Waals surface area contributed by atoms with Crippen molar-refractivity contribution in [3.63, 3.8) is 0 Å². The molecule has 0 amide bonds. The van der Waals surface area contributed by atoms with Crippen LogP contribution in [0.15, 0.2) is 24.3 Å². The first-order valence-corrected chi connectivity index (χ1v) is 5.36. The van der Waals surface area contributed by atoms with Crippen LogP contribution in [0.2, 0.25) is 0 Å². The van der Waals surface area contributed by atoms with E-state index in [4.69, 9.17) is 5.73 Å². The highest BCUT2D eigenvalue weighted by molar-refractivity contribution is 14.1. The standard InChI is InChI=1S/C10H14INO/c1-7(6-12)10(13)8-2-4-9(11)5-3-8/h2-5,7,10,13H,6,12H2,1H3. The zero-order valence-corrected chi connectivity index (χ0v) is 9.73. The van der Waals surface area contributed by atoms with E-state index in [1.807, 2.05) is 31.2 Å². The van der Waals surface area contributed by atoms with E-state index in [1.54, 1.807) is 0 Å². The van der Waals surface area contributed by atoms with Crippen LogP contribution in [0.5, 0.6) is 0 Å². The summed E-state index contributed by atoms with van der Waals surface area (Å²) in [6.07, 6.45) is -0.443. The summed E-state index contributed by atoms with van der Waals surface area (Å²) in [6.45, 7) is 2.45. The van der Waals surface area contributed by atoms with Gasteiger partial charge in [-0.3, -0.25) is 0 Å². The Kier molecular flexibility index (Phi) is 4.15. The Morgan fingerprint density at radius 2 is 1.92 bits per heavy atom. The summed E-state index contributed by atoms with van der Waals surface area (Å²) in [5.74, 6) is 0.111. The first-order valence-electron chi connectivity index (χ1n) is 4.28. The summed E-state index contributed by atoms with van der Waals surface area (Å²) in [6, 6.07) is 7.86. The van der Waals surface area contributed by atoms with Gasteiger partial charge in [-0.15, -0.1) is 0 Å². The Labute approximate surface area is 92.3 Å². The van der Waals surface area contributed by atoms with Gasteiger partial charge in [0.05, 0.1) is 6.10 Å². The summed E-state index contributed by atoms with van der Waals surface area (Å²) in [5, 5.41) is 9.80. The maximum absolute atomic E-state index is 9.80. The highest BCUT2D eigenvalue weighted by atomic mass is 127. The van der Waals surface area contributed by atoms with Crippen LogP contribution in [0.1, 0.15) is 18.6 Å². The minimum Gasteiger partial charge on any atom is -0.388 e. The van der Waals surface area contributed by atoms with E-state index in [-0.39, 0.29) is 5.92 Å². The highest BCUT2D eigenvalue weighted by Gasteiger charge is 2.13. The van der Waals surface area contributed by atoms with Crippen LogP contribution in [0.4, 0.5) is 0 Å². The van der Waals surface area contributed by atoms with E-state index in [0.717, 1.165) is 5.56 Å². The average molecular weight is 291 g/mol. The molecular formula is C10H14INO. The number of hydrogen-bond acceptors (Lipinski definition) is 2. The molecule has 0 saturated heterocycles. The summed E-state index contributed by atoms with van der Waals surface area (Å²) in [7, 11) is 0. The smallest absolute Gasteiger partial charge is 0.0827 e. The Morgan fingerprint density at radius 3 is 2.38 bits per heavy atom. The highest BCUT2D eigenvalue weighted by Crippen LogP contribution is 2.21. The molecule has 0 radical (unpaired) electrons. The number of hydrogen-bond donors (Lipinski definition) is 2. The van der Waals surface area contributed by atoms with E-state index < -0.39 is 6.10 Å². The SMILES string of the molecule is CC(CN)C(O)c1ccc(I)cc1. The lowest BCUT2D eigenvalue weighted by Gasteiger charge is -2.17. The van der Waals surface area contributed by atoms with Crippen molar-refractivity contribution in [2.24, 2.45) is 11.7 Å². The van der Waals surface area contributed by atoms with Crippen LogP contribution in [-0.2, 0) is 0 Å². The van der Waals surface area contributed by atoms with Crippen molar-refractivity contribution >= 4 is 22.6 Å². The molecule has 0 spiro atoms. The summed E-state index contributed by atoms with van der Waals surface area (Å²) >= 11 is 2.24. The summed E-state index contributed by atoms with van der Waals surface area (Å²) in [4.78, 5) is 0. The molecule has 0 fully saturated rings. The minimum absolute atomic E-state index is 0.111. The molecule has 0 saturated carbocycles. The van der Waals surface area contributed by atoms with Crippen molar-refractivity contribution in [3.8, 4) is 0 Å². The van der Waals surface area contributed by atoms with Gasteiger partial charge < -0.3 is 10.8 Å². The lowest BCUT2D eigenvalue weighted by Crippen LogP contribution is -2.18. The molecule has 1 aromatic rings. The van der Waals surface area contributed by atoms with E-state index in [0.29, 0.717) is 6.54 Å². The van der Waals surface area contributed by atoms with Crippen molar-refractivity contribution in [3.05, 3.63) is 33.4 Å². The van der Waals surface area contributed by atoms with Crippen LogP contribution in [-0.4, -0.2) is 11.7 Å². The number of halogens is 1. The predicted octanol–water partition coefficient (Wildman–Crippen LogP) is 1.92. The quantitative estimate of drug-likeness (QED) is 0.836. The fourth-order valence-corrected chi connectivity index (χ4v) is 1.48. The molecule has 72 valence electrons. The van der Waals surface area contributed by atoms with Gasteiger partial charge >= 0.3 is 0 Å². The van der Waals surface area contributed by atoms with Crippen molar-refractivity contribution in [1.29, 1.82) is 0 Å². The van der Waals surface area contributed by atoms with Crippen molar-refractivity contribution < 1.29 is 5.11 Å². The normalized spacial score (nSPS) is 15.4. The molecule has 0 heterocycles. The van der Waals surface area contributed by atoms with Crippen molar-refractivity contribution in [2.75, 3.05) is 6.54 Å². The average Bonchev–Trinajstić information content (AvgIpc) is 2.17. The van der Waals surface area contributed by atoms with Crippen LogP contribution >= 0.6 is 22.6 Å². The van der Waals surface area contributed by atoms with Gasteiger partial charge in [0.2, 0.25) is 0 Å². The number of nitrogens with two attached hydrogens (primary N) is 1. The zero-order chi connectivity index (χ0) is 9.84. The van der Waals surface area contributed by atoms with Gasteiger partial charge in [-0.05, 0) is 52.7 Å². The van der Waals surface area contributed by atoms with Gasteiger partial charge in [0, 0.05) is 3.57 Å².